The van der Waals surface area contributed by atoms with Crippen molar-refractivity contribution in [3.63, 3.8) is 0 Å². The number of hydrogen-bond donors (Lipinski definition) is 0. The highest BCUT2D eigenvalue weighted by molar-refractivity contribution is 5.87. The second-order valence-corrected chi connectivity index (χ2v) is 4.84. The largest absolute Gasteiger partial charge is 0.339 e. The van der Waals surface area contributed by atoms with Crippen LogP contribution in [0.2, 0.25) is 0 Å². The van der Waals surface area contributed by atoms with E-state index in [0.29, 0.717) is 5.92 Å². The number of aryl methyl sites for hydroxylation is 1. The van der Waals surface area contributed by atoms with Crippen molar-refractivity contribution in [2.45, 2.75) is 19.8 Å². The highest BCUT2D eigenvalue weighted by Crippen LogP contribution is 2.21. The molecule has 0 N–H and O–H groups in total. The summed E-state index contributed by atoms with van der Waals surface area (Å²) in [5.74, 6) is 0.664. The zero-order chi connectivity index (χ0) is 12.3. The Morgan fingerprint density at radius 3 is 3.12 bits per heavy atom. The summed E-state index contributed by atoms with van der Waals surface area (Å²) in [5, 5.41) is 0. The molecule has 1 heterocycles. The number of rotatable bonds is 3. The monoisotopic (exact) mass is 229 g/mol. The molecule has 2 rings (SSSR count). The maximum Gasteiger partial charge on any atom is 0.245 e. The van der Waals surface area contributed by atoms with E-state index in [1.807, 2.05) is 4.90 Å². The molecule has 0 radical (unpaired) electrons. The molecule has 2 heteroatoms. The van der Waals surface area contributed by atoms with Crippen molar-refractivity contribution in [2.24, 2.45) is 5.92 Å². The first kappa shape index (κ1) is 11.9. The Morgan fingerprint density at radius 1 is 1.59 bits per heavy atom. The van der Waals surface area contributed by atoms with Crippen LogP contribution in [0.5, 0.6) is 0 Å². The van der Waals surface area contributed by atoms with E-state index in [2.05, 4.69) is 37.8 Å². The number of likely N-dealkylation sites (tertiary alicyclic amines) is 1. The molecule has 90 valence electrons. The smallest absolute Gasteiger partial charge is 0.245 e. The van der Waals surface area contributed by atoms with E-state index in [1.165, 1.54) is 17.2 Å². The summed E-state index contributed by atoms with van der Waals surface area (Å²) in [5.41, 5.74) is 2.68. The lowest BCUT2D eigenvalue weighted by molar-refractivity contribution is -0.125. The van der Waals surface area contributed by atoms with Gasteiger partial charge in [0.2, 0.25) is 5.91 Å². The van der Waals surface area contributed by atoms with Gasteiger partial charge < -0.3 is 4.90 Å². The molecule has 2 nitrogen and oxygen atoms in total. The van der Waals surface area contributed by atoms with Crippen molar-refractivity contribution in [3.05, 3.63) is 48.0 Å². The summed E-state index contributed by atoms with van der Waals surface area (Å²) in [6, 6.07) is 8.63. The van der Waals surface area contributed by atoms with Crippen molar-refractivity contribution in [1.29, 1.82) is 0 Å². The zero-order valence-corrected chi connectivity index (χ0v) is 10.4. The van der Waals surface area contributed by atoms with E-state index in [1.54, 1.807) is 0 Å². The van der Waals surface area contributed by atoms with Crippen molar-refractivity contribution >= 4 is 5.91 Å². The van der Waals surface area contributed by atoms with Crippen molar-refractivity contribution in [2.75, 3.05) is 13.1 Å². The molecule has 1 aliphatic heterocycles. The predicted molar refractivity (Wildman–Crippen MR) is 69.8 cm³/mol. The van der Waals surface area contributed by atoms with Crippen LogP contribution in [0, 0.1) is 12.8 Å². The molecule has 0 aromatic heterocycles. The number of hydrogen-bond acceptors (Lipinski definition) is 1. The second kappa shape index (κ2) is 5.17. The summed E-state index contributed by atoms with van der Waals surface area (Å²) in [7, 11) is 0. The lowest BCUT2D eigenvalue weighted by Gasteiger charge is -2.14. The molecule has 1 amide bonds. The molecule has 1 atom stereocenters. The molecule has 1 fully saturated rings. The zero-order valence-electron chi connectivity index (χ0n) is 10.4. The standard InChI is InChI=1S/C15H19NO/c1-3-15(17)16-8-7-14(11-16)10-13-6-4-5-12(2)9-13/h3-6,9,14H,1,7-8,10-11H2,2H3/t14-/m1/s1. The van der Waals surface area contributed by atoms with E-state index in [9.17, 15) is 4.79 Å². The minimum atomic E-state index is 0.0664. The molecule has 0 saturated carbocycles. The lowest BCUT2D eigenvalue weighted by atomic mass is 9.98. The third-order valence-corrected chi connectivity index (χ3v) is 3.38. The highest BCUT2D eigenvalue weighted by Gasteiger charge is 2.24. The highest BCUT2D eigenvalue weighted by atomic mass is 16.2. The summed E-state index contributed by atoms with van der Waals surface area (Å²) < 4.78 is 0. The summed E-state index contributed by atoms with van der Waals surface area (Å²) in [6.07, 6.45) is 3.59. The average Bonchev–Trinajstić information content (AvgIpc) is 2.76. The fourth-order valence-corrected chi connectivity index (χ4v) is 2.50. The minimum Gasteiger partial charge on any atom is -0.339 e. The first-order valence-corrected chi connectivity index (χ1v) is 6.16. The molecule has 1 saturated heterocycles. The maximum absolute atomic E-state index is 11.5. The van der Waals surface area contributed by atoms with Crippen LogP contribution in [0.15, 0.2) is 36.9 Å². The topological polar surface area (TPSA) is 20.3 Å². The van der Waals surface area contributed by atoms with Gasteiger partial charge in [-0.15, -0.1) is 0 Å². The van der Waals surface area contributed by atoms with Crippen LogP contribution in [0.3, 0.4) is 0 Å². The van der Waals surface area contributed by atoms with Gasteiger partial charge in [0, 0.05) is 13.1 Å². The normalized spacial score (nSPS) is 19.4. The molecule has 1 aromatic rings. The first-order valence-electron chi connectivity index (χ1n) is 6.16. The van der Waals surface area contributed by atoms with E-state index in [4.69, 9.17) is 0 Å². The van der Waals surface area contributed by atoms with Gasteiger partial charge in [0.25, 0.3) is 0 Å². The Balaban J connectivity index is 1.94. The third kappa shape index (κ3) is 2.96. The van der Waals surface area contributed by atoms with E-state index >= 15 is 0 Å². The number of carbonyl (C=O) groups excluding carboxylic acids is 1. The van der Waals surface area contributed by atoms with Gasteiger partial charge in [-0.3, -0.25) is 4.79 Å². The number of amides is 1. The van der Waals surface area contributed by atoms with Crippen molar-refractivity contribution < 1.29 is 4.79 Å². The Kier molecular flexibility index (Phi) is 3.62. The van der Waals surface area contributed by atoms with Gasteiger partial charge in [-0.05, 0) is 37.3 Å². The van der Waals surface area contributed by atoms with Gasteiger partial charge in [0.1, 0.15) is 0 Å². The van der Waals surface area contributed by atoms with Crippen molar-refractivity contribution in [3.8, 4) is 0 Å². The first-order chi connectivity index (χ1) is 8.19. The van der Waals surface area contributed by atoms with Crippen molar-refractivity contribution in [1.82, 2.24) is 4.90 Å². The summed E-state index contributed by atoms with van der Waals surface area (Å²) in [4.78, 5) is 13.4. The summed E-state index contributed by atoms with van der Waals surface area (Å²) >= 11 is 0. The predicted octanol–water partition coefficient (Wildman–Crippen LogP) is 2.57. The molecular weight excluding hydrogens is 210 g/mol. The Hall–Kier alpha value is -1.57. The SMILES string of the molecule is C=CC(=O)N1CC[C@H](Cc2cccc(C)c2)C1. The number of benzene rings is 1. The average molecular weight is 229 g/mol. The van der Waals surface area contributed by atoms with E-state index < -0.39 is 0 Å². The fourth-order valence-electron chi connectivity index (χ4n) is 2.50. The number of carbonyl (C=O) groups is 1. The lowest BCUT2D eigenvalue weighted by Crippen LogP contribution is -2.26. The molecule has 0 bridgehead atoms. The van der Waals surface area contributed by atoms with Gasteiger partial charge in [0.15, 0.2) is 0 Å². The molecule has 1 aliphatic rings. The molecular formula is C15H19NO. The molecule has 17 heavy (non-hydrogen) atoms. The van der Waals surface area contributed by atoms with Crippen LogP contribution >= 0.6 is 0 Å². The Bertz CT molecular complexity index is 425. The Labute approximate surface area is 103 Å². The molecule has 0 unspecified atom stereocenters. The van der Waals surface area contributed by atoms with Crippen LogP contribution in [-0.4, -0.2) is 23.9 Å². The van der Waals surface area contributed by atoms with Crippen LogP contribution in [0.1, 0.15) is 17.5 Å². The van der Waals surface area contributed by atoms with Gasteiger partial charge in [-0.1, -0.05) is 36.4 Å². The van der Waals surface area contributed by atoms with E-state index in [-0.39, 0.29) is 5.91 Å². The quantitative estimate of drug-likeness (QED) is 0.729. The van der Waals surface area contributed by atoms with Crippen LogP contribution in [0.25, 0.3) is 0 Å². The Morgan fingerprint density at radius 2 is 2.41 bits per heavy atom. The fraction of sp³-hybridized carbons (Fsp3) is 0.400. The minimum absolute atomic E-state index is 0.0664. The molecule has 0 aliphatic carbocycles. The third-order valence-electron chi connectivity index (χ3n) is 3.38. The molecule has 0 spiro atoms. The van der Waals surface area contributed by atoms with Gasteiger partial charge in [0.05, 0.1) is 0 Å². The van der Waals surface area contributed by atoms with Crippen LogP contribution in [0.4, 0.5) is 0 Å². The van der Waals surface area contributed by atoms with Gasteiger partial charge >= 0.3 is 0 Å². The van der Waals surface area contributed by atoms with Gasteiger partial charge in [-0.25, -0.2) is 0 Å². The van der Waals surface area contributed by atoms with Crippen LogP contribution < -0.4 is 0 Å². The number of nitrogens with zero attached hydrogens (tertiary/aromatic N) is 1. The van der Waals surface area contributed by atoms with Gasteiger partial charge in [-0.2, -0.15) is 0 Å². The maximum atomic E-state index is 11.5. The van der Waals surface area contributed by atoms with Crippen LogP contribution in [-0.2, 0) is 11.2 Å². The summed E-state index contributed by atoms with van der Waals surface area (Å²) in [6.45, 7) is 7.40. The van der Waals surface area contributed by atoms with E-state index in [0.717, 1.165) is 25.9 Å². The second-order valence-electron chi connectivity index (χ2n) is 4.84. The molecule has 1 aromatic carbocycles.